The van der Waals surface area contributed by atoms with Crippen molar-refractivity contribution in [1.82, 2.24) is 9.88 Å². The lowest BCUT2D eigenvalue weighted by atomic mass is 10.2. The van der Waals surface area contributed by atoms with E-state index in [0.717, 1.165) is 12.0 Å². The number of aliphatic hydroxyl groups excluding tert-OH is 1. The predicted octanol–water partition coefficient (Wildman–Crippen LogP) is 0.463. The first-order valence-corrected chi connectivity index (χ1v) is 4.93. The van der Waals surface area contributed by atoms with Crippen LogP contribution in [0.5, 0.6) is 0 Å². The van der Waals surface area contributed by atoms with E-state index in [4.69, 9.17) is 5.11 Å². The minimum Gasteiger partial charge on any atom is -0.384 e. The molecule has 15 heavy (non-hydrogen) atoms. The van der Waals surface area contributed by atoms with Crippen LogP contribution in [-0.4, -0.2) is 40.6 Å². The Bertz CT molecular complexity index is 312. The fourth-order valence-electron chi connectivity index (χ4n) is 1.27. The third-order valence-corrected chi connectivity index (χ3v) is 2.19. The van der Waals surface area contributed by atoms with Crippen LogP contribution in [0.15, 0.2) is 24.5 Å². The molecule has 1 N–H and O–H groups in total. The van der Waals surface area contributed by atoms with Gasteiger partial charge in [0.05, 0.1) is 0 Å². The van der Waals surface area contributed by atoms with Gasteiger partial charge in [-0.15, -0.1) is 0 Å². The van der Waals surface area contributed by atoms with Gasteiger partial charge in [-0.2, -0.15) is 0 Å². The van der Waals surface area contributed by atoms with Gasteiger partial charge in [-0.1, -0.05) is 6.07 Å². The topological polar surface area (TPSA) is 53.4 Å². The van der Waals surface area contributed by atoms with Crippen LogP contribution in [0.25, 0.3) is 0 Å². The van der Waals surface area contributed by atoms with Crippen molar-refractivity contribution in [3.63, 3.8) is 0 Å². The lowest BCUT2D eigenvalue weighted by Gasteiger charge is -2.18. The van der Waals surface area contributed by atoms with E-state index in [0.29, 0.717) is 6.54 Å². The number of carbonyl (C=O) groups is 1. The van der Waals surface area contributed by atoms with Gasteiger partial charge in [0, 0.05) is 26.0 Å². The monoisotopic (exact) mass is 208 g/mol. The summed E-state index contributed by atoms with van der Waals surface area (Å²) in [7, 11) is 1.69. The number of likely N-dealkylation sites (N-methyl/N-ethyl adjacent to an activating group) is 1. The zero-order valence-corrected chi connectivity index (χ0v) is 9.05. The van der Waals surface area contributed by atoms with Gasteiger partial charge < -0.3 is 10.0 Å². The Hall–Kier alpha value is -1.42. The van der Waals surface area contributed by atoms with Crippen LogP contribution in [0.2, 0.25) is 0 Å². The summed E-state index contributed by atoms with van der Waals surface area (Å²) in [6, 6.07) is 3.83. The average Bonchev–Trinajstić information content (AvgIpc) is 2.26. The lowest BCUT2D eigenvalue weighted by Crippen LogP contribution is -2.35. The first kappa shape index (κ1) is 11.7. The average molecular weight is 208 g/mol. The first-order chi connectivity index (χ1) is 7.11. The molecule has 1 aromatic heterocycles. The van der Waals surface area contributed by atoms with Gasteiger partial charge in [0.25, 0.3) is 5.91 Å². The number of hydrogen-bond acceptors (Lipinski definition) is 3. The maximum atomic E-state index is 11.3. The van der Waals surface area contributed by atoms with E-state index in [2.05, 4.69) is 4.98 Å². The minimum atomic E-state index is -0.927. The molecule has 1 atom stereocenters. The Kier molecular flexibility index (Phi) is 4.24. The van der Waals surface area contributed by atoms with Crippen molar-refractivity contribution >= 4 is 5.91 Å². The molecule has 1 heterocycles. The van der Waals surface area contributed by atoms with Crippen molar-refractivity contribution in [2.45, 2.75) is 19.4 Å². The number of pyridine rings is 1. The van der Waals surface area contributed by atoms with Crippen molar-refractivity contribution in [2.24, 2.45) is 0 Å². The van der Waals surface area contributed by atoms with Gasteiger partial charge in [-0.3, -0.25) is 9.78 Å². The van der Waals surface area contributed by atoms with Gasteiger partial charge in [-0.05, 0) is 25.0 Å². The van der Waals surface area contributed by atoms with Gasteiger partial charge in [0.2, 0.25) is 0 Å². The molecule has 1 amide bonds. The summed E-state index contributed by atoms with van der Waals surface area (Å²) in [6.07, 6.45) is 3.32. The van der Waals surface area contributed by atoms with Crippen molar-refractivity contribution < 1.29 is 9.90 Å². The molecular weight excluding hydrogens is 192 g/mol. The second-order valence-corrected chi connectivity index (χ2v) is 3.55. The van der Waals surface area contributed by atoms with Crippen LogP contribution in [0.3, 0.4) is 0 Å². The summed E-state index contributed by atoms with van der Waals surface area (Å²) in [5.41, 5.74) is 1.09. The van der Waals surface area contributed by atoms with E-state index in [-0.39, 0.29) is 5.91 Å². The van der Waals surface area contributed by atoms with Crippen LogP contribution in [0.1, 0.15) is 12.5 Å². The Morgan fingerprint density at radius 2 is 2.40 bits per heavy atom. The van der Waals surface area contributed by atoms with Crippen LogP contribution >= 0.6 is 0 Å². The van der Waals surface area contributed by atoms with Gasteiger partial charge in [-0.25, -0.2) is 0 Å². The molecule has 0 saturated heterocycles. The number of nitrogens with zero attached hydrogens (tertiary/aromatic N) is 2. The molecule has 0 fully saturated rings. The van der Waals surface area contributed by atoms with Crippen LogP contribution in [0.4, 0.5) is 0 Å². The summed E-state index contributed by atoms with van der Waals surface area (Å²) in [6.45, 7) is 2.07. The molecule has 0 aliphatic rings. The molecule has 4 heteroatoms. The number of amides is 1. The predicted molar refractivity (Wildman–Crippen MR) is 57.3 cm³/mol. The van der Waals surface area contributed by atoms with Crippen LogP contribution < -0.4 is 0 Å². The van der Waals surface area contributed by atoms with Gasteiger partial charge >= 0.3 is 0 Å². The normalized spacial score (nSPS) is 12.2. The van der Waals surface area contributed by atoms with Crippen molar-refractivity contribution in [1.29, 1.82) is 0 Å². The largest absolute Gasteiger partial charge is 0.384 e. The molecule has 0 aromatic carbocycles. The SMILES string of the molecule is CC(O)C(=O)N(C)CCc1cccnc1. The van der Waals surface area contributed by atoms with Crippen molar-refractivity contribution in [2.75, 3.05) is 13.6 Å². The van der Waals surface area contributed by atoms with E-state index in [1.54, 1.807) is 19.4 Å². The number of aromatic nitrogens is 1. The molecule has 1 rings (SSSR count). The highest BCUT2D eigenvalue weighted by Crippen LogP contribution is 1.99. The molecule has 0 radical (unpaired) electrons. The summed E-state index contributed by atoms with van der Waals surface area (Å²) in [5, 5.41) is 9.08. The number of rotatable bonds is 4. The summed E-state index contributed by atoms with van der Waals surface area (Å²) in [5.74, 6) is -0.251. The standard InChI is InChI=1S/C11H16N2O2/c1-9(14)11(15)13(2)7-5-10-4-3-6-12-8-10/h3-4,6,8-9,14H,5,7H2,1-2H3. The first-order valence-electron chi connectivity index (χ1n) is 4.93. The quantitative estimate of drug-likeness (QED) is 0.782. The van der Waals surface area contributed by atoms with E-state index in [9.17, 15) is 4.79 Å². The zero-order valence-electron chi connectivity index (χ0n) is 9.05. The summed E-state index contributed by atoms with van der Waals surface area (Å²) in [4.78, 5) is 16.8. The third-order valence-electron chi connectivity index (χ3n) is 2.19. The minimum absolute atomic E-state index is 0.251. The second-order valence-electron chi connectivity index (χ2n) is 3.55. The molecule has 0 aliphatic carbocycles. The molecular formula is C11H16N2O2. The lowest BCUT2D eigenvalue weighted by molar-refractivity contribution is -0.137. The summed E-state index contributed by atoms with van der Waals surface area (Å²) < 4.78 is 0. The maximum Gasteiger partial charge on any atom is 0.250 e. The number of carbonyl (C=O) groups excluding carboxylic acids is 1. The second kappa shape index (κ2) is 5.46. The molecule has 1 unspecified atom stereocenters. The highest BCUT2D eigenvalue weighted by molar-refractivity contribution is 5.79. The Morgan fingerprint density at radius 1 is 1.67 bits per heavy atom. The smallest absolute Gasteiger partial charge is 0.250 e. The van der Waals surface area contributed by atoms with E-state index in [1.165, 1.54) is 11.8 Å². The highest BCUT2D eigenvalue weighted by Gasteiger charge is 2.13. The van der Waals surface area contributed by atoms with E-state index >= 15 is 0 Å². The number of aliphatic hydroxyl groups is 1. The zero-order chi connectivity index (χ0) is 11.3. The van der Waals surface area contributed by atoms with Gasteiger partial charge in [0.15, 0.2) is 0 Å². The summed E-state index contributed by atoms with van der Waals surface area (Å²) >= 11 is 0. The van der Waals surface area contributed by atoms with Crippen molar-refractivity contribution in [3.05, 3.63) is 30.1 Å². The third kappa shape index (κ3) is 3.67. The number of hydrogen-bond donors (Lipinski definition) is 1. The Balaban J connectivity index is 2.41. The molecule has 0 saturated carbocycles. The highest BCUT2D eigenvalue weighted by atomic mass is 16.3. The molecule has 0 spiro atoms. The van der Waals surface area contributed by atoms with E-state index in [1.807, 2.05) is 12.1 Å². The molecule has 0 bridgehead atoms. The molecule has 1 aromatic rings. The van der Waals surface area contributed by atoms with E-state index < -0.39 is 6.10 Å². The van der Waals surface area contributed by atoms with Crippen LogP contribution in [0, 0.1) is 0 Å². The fourth-order valence-corrected chi connectivity index (χ4v) is 1.27. The van der Waals surface area contributed by atoms with Crippen LogP contribution in [-0.2, 0) is 11.2 Å². The molecule has 82 valence electrons. The molecule has 4 nitrogen and oxygen atoms in total. The van der Waals surface area contributed by atoms with Gasteiger partial charge in [0.1, 0.15) is 6.10 Å². The molecule has 0 aliphatic heterocycles. The Morgan fingerprint density at radius 3 is 2.93 bits per heavy atom. The maximum absolute atomic E-state index is 11.3. The Labute approximate surface area is 89.6 Å². The van der Waals surface area contributed by atoms with Crippen molar-refractivity contribution in [3.8, 4) is 0 Å². The fraction of sp³-hybridized carbons (Fsp3) is 0.455.